The molecule has 0 bridgehead atoms. The predicted octanol–water partition coefficient (Wildman–Crippen LogP) is 4.83. The minimum Gasteiger partial charge on any atom is -0.495 e. The van der Waals surface area contributed by atoms with E-state index in [1.54, 1.807) is 42.0 Å². The Labute approximate surface area is 173 Å². The van der Waals surface area contributed by atoms with E-state index < -0.39 is 0 Å². The van der Waals surface area contributed by atoms with Crippen molar-refractivity contribution in [3.8, 4) is 5.75 Å². The lowest BCUT2D eigenvalue weighted by Crippen LogP contribution is -2.28. The molecule has 1 aliphatic rings. The zero-order valence-corrected chi connectivity index (χ0v) is 17.1. The Morgan fingerprint density at radius 1 is 1.17 bits per heavy atom. The van der Waals surface area contributed by atoms with E-state index in [4.69, 9.17) is 17.0 Å². The van der Waals surface area contributed by atoms with Gasteiger partial charge in [0.2, 0.25) is 0 Å². The van der Waals surface area contributed by atoms with E-state index in [1.807, 2.05) is 12.1 Å². The van der Waals surface area contributed by atoms with Crippen molar-refractivity contribution in [1.82, 2.24) is 9.55 Å². The Morgan fingerprint density at radius 2 is 1.93 bits per heavy atom. The normalized spacial score (nSPS) is 14.7. The van der Waals surface area contributed by atoms with Crippen LogP contribution in [0.1, 0.15) is 48.5 Å². The molecule has 2 N–H and O–H groups in total. The van der Waals surface area contributed by atoms with Gasteiger partial charge in [-0.3, -0.25) is 14.2 Å². The lowest BCUT2D eigenvalue weighted by molar-refractivity contribution is 0.102. The predicted molar refractivity (Wildman–Crippen MR) is 116 cm³/mol. The first-order chi connectivity index (χ1) is 14.1. The Hall–Kier alpha value is -2.93. The second-order valence-corrected chi connectivity index (χ2v) is 7.70. The van der Waals surface area contributed by atoms with Crippen LogP contribution < -0.4 is 15.6 Å². The second kappa shape index (κ2) is 8.21. The van der Waals surface area contributed by atoms with Crippen LogP contribution in [-0.4, -0.2) is 22.6 Å². The van der Waals surface area contributed by atoms with Crippen molar-refractivity contribution in [2.75, 3.05) is 12.4 Å². The van der Waals surface area contributed by atoms with Crippen molar-refractivity contribution in [1.29, 1.82) is 0 Å². The zero-order chi connectivity index (χ0) is 20.4. The highest BCUT2D eigenvalue weighted by Crippen LogP contribution is 2.28. The lowest BCUT2D eigenvalue weighted by atomic mass is 9.95. The molecule has 150 valence electrons. The van der Waals surface area contributed by atoms with Gasteiger partial charge in [-0.15, -0.1) is 0 Å². The van der Waals surface area contributed by atoms with Crippen LogP contribution in [-0.2, 0) is 0 Å². The summed E-state index contributed by atoms with van der Waals surface area (Å²) < 4.78 is 7.40. The summed E-state index contributed by atoms with van der Waals surface area (Å²) >= 11 is 5.48. The van der Waals surface area contributed by atoms with E-state index in [-0.39, 0.29) is 17.5 Å². The smallest absolute Gasteiger partial charge is 0.262 e. The summed E-state index contributed by atoms with van der Waals surface area (Å²) in [5, 5.41) is 3.39. The first-order valence-corrected chi connectivity index (χ1v) is 10.2. The number of benzene rings is 2. The summed E-state index contributed by atoms with van der Waals surface area (Å²) in [5.41, 5.74) is 1.50. The minimum absolute atomic E-state index is 0.0904. The van der Waals surface area contributed by atoms with Gasteiger partial charge in [-0.05, 0) is 55.4 Å². The molecule has 0 spiro atoms. The molecule has 1 fully saturated rings. The van der Waals surface area contributed by atoms with Gasteiger partial charge in [0.05, 0.1) is 23.7 Å². The van der Waals surface area contributed by atoms with Crippen LogP contribution in [0.15, 0.2) is 47.3 Å². The third-order valence-corrected chi connectivity index (χ3v) is 5.79. The van der Waals surface area contributed by atoms with Gasteiger partial charge in [-0.25, -0.2) is 0 Å². The van der Waals surface area contributed by atoms with E-state index in [2.05, 4.69) is 10.3 Å². The van der Waals surface area contributed by atoms with Gasteiger partial charge in [-0.1, -0.05) is 31.4 Å². The molecule has 2 aromatic carbocycles. The third-order valence-electron chi connectivity index (χ3n) is 5.49. The summed E-state index contributed by atoms with van der Waals surface area (Å²) in [6.45, 7) is 0. The molecule has 1 aromatic heterocycles. The van der Waals surface area contributed by atoms with Gasteiger partial charge in [0.1, 0.15) is 5.75 Å². The molecule has 29 heavy (non-hydrogen) atoms. The number of amides is 1. The Bertz CT molecular complexity index is 1180. The van der Waals surface area contributed by atoms with Gasteiger partial charge >= 0.3 is 0 Å². The average molecular weight is 410 g/mol. The SMILES string of the molecule is COc1ccccc1NC(=O)c1ccc2c(=O)n(C3CCCCC3)c(=S)[nH]c2c1. The molecular weight excluding hydrogens is 386 g/mol. The molecule has 0 radical (unpaired) electrons. The molecule has 6 nitrogen and oxygen atoms in total. The van der Waals surface area contributed by atoms with Crippen molar-refractivity contribution in [3.05, 3.63) is 63.2 Å². The van der Waals surface area contributed by atoms with E-state index in [0.717, 1.165) is 25.7 Å². The number of ether oxygens (including phenoxy) is 1. The standard InChI is InChI=1S/C22H23N3O3S/c1-28-19-10-6-5-9-17(19)23-20(26)14-11-12-16-18(13-14)24-22(29)25(21(16)27)15-7-3-2-4-8-15/h5-6,9-13,15H,2-4,7-8H2,1H3,(H,23,26)(H,24,29). The topological polar surface area (TPSA) is 76.1 Å². The fourth-order valence-corrected chi connectivity index (χ4v) is 4.33. The Balaban J connectivity index is 1.68. The van der Waals surface area contributed by atoms with Gasteiger partial charge in [-0.2, -0.15) is 0 Å². The molecular formula is C22H23N3O3S. The lowest BCUT2D eigenvalue weighted by Gasteiger charge is -2.24. The van der Waals surface area contributed by atoms with E-state index in [1.165, 1.54) is 6.42 Å². The van der Waals surface area contributed by atoms with E-state index in [9.17, 15) is 9.59 Å². The molecule has 3 aromatic rings. The number of hydrogen-bond acceptors (Lipinski definition) is 4. The van der Waals surface area contributed by atoms with Crippen molar-refractivity contribution < 1.29 is 9.53 Å². The van der Waals surface area contributed by atoms with Crippen LogP contribution in [0.25, 0.3) is 10.9 Å². The third kappa shape index (κ3) is 3.82. The maximum atomic E-state index is 13.1. The van der Waals surface area contributed by atoms with Crippen LogP contribution in [0, 0.1) is 4.77 Å². The van der Waals surface area contributed by atoms with Crippen LogP contribution >= 0.6 is 12.2 Å². The number of nitrogens with one attached hydrogen (secondary N) is 2. The number of carbonyl (C=O) groups is 1. The number of methoxy groups -OCH3 is 1. The molecule has 1 aliphatic carbocycles. The molecule has 7 heteroatoms. The van der Waals surface area contributed by atoms with Crippen molar-refractivity contribution in [2.45, 2.75) is 38.1 Å². The molecule has 0 aliphatic heterocycles. The summed E-state index contributed by atoms with van der Waals surface area (Å²) in [6.07, 6.45) is 5.39. The van der Waals surface area contributed by atoms with Crippen LogP contribution in [0.4, 0.5) is 5.69 Å². The molecule has 4 rings (SSSR count). The number of para-hydroxylation sites is 2. The number of anilines is 1. The highest BCUT2D eigenvalue weighted by atomic mass is 32.1. The maximum absolute atomic E-state index is 13.1. The van der Waals surface area contributed by atoms with Crippen molar-refractivity contribution >= 4 is 34.7 Å². The number of hydrogen-bond donors (Lipinski definition) is 2. The van der Waals surface area contributed by atoms with E-state index in [0.29, 0.717) is 32.7 Å². The number of aromatic nitrogens is 2. The average Bonchev–Trinajstić information content (AvgIpc) is 2.74. The van der Waals surface area contributed by atoms with Crippen LogP contribution in [0.2, 0.25) is 0 Å². The first-order valence-electron chi connectivity index (χ1n) is 9.81. The molecule has 1 amide bonds. The fraction of sp³-hybridized carbons (Fsp3) is 0.318. The number of fused-ring (bicyclic) bond motifs is 1. The molecule has 1 heterocycles. The largest absolute Gasteiger partial charge is 0.495 e. The quantitative estimate of drug-likeness (QED) is 0.606. The summed E-state index contributed by atoms with van der Waals surface area (Å²) in [6, 6.07) is 12.4. The summed E-state index contributed by atoms with van der Waals surface area (Å²) in [5.74, 6) is 0.295. The highest BCUT2D eigenvalue weighted by molar-refractivity contribution is 7.71. The maximum Gasteiger partial charge on any atom is 0.262 e. The number of nitrogens with zero attached hydrogens (tertiary/aromatic N) is 1. The van der Waals surface area contributed by atoms with Gasteiger partial charge in [0.25, 0.3) is 11.5 Å². The Morgan fingerprint density at radius 3 is 2.69 bits per heavy atom. The number of aromatic amines is 1. The van der Waals surface area contributed by atoms with Crippen molar-refractivity contribution in [3.63, 3.8) is 0 Å². The van der Waals surface area contributed by atoms with Crippen LogP contribution in [0.3, 0.4) is 0 Å². The molecule has 0 atom stereocenters. The fourth-order valence-electron chi connectivity index (χ4n) is 3.99. The van der Waals surface area contributed by atoms with Gasteiger partial charge in [0.15, 0.2) is 4.77 Å². The van der Waals surface area contributed by atoms with Crippen molar-refractivity contribution in [2.24, 2.45) is 0 Å². The molecule has 0 unspecified atom stereocenters. The number of H-pyrrole nitrogens is 1. The first kappa shape index (κ1) is 19.4. The van der Waals surface area contributed by atoms with Gasteiger partial charge in [0, 0.05) is 11.6 Å². The Kier molecular flexibility index (Phi) is 5.49. The summed E-state index contributed by atoms with van der Waals surface area (Å²) in [7, 11) is 1.55. The second-order valence-electron chi connectivity index (χ2n) is 7.31. The molecule has 1 saturated carbocycles. The minimum atomic E-state index is -0.285. The monoisotopic (exact) mass is 409 g/mol. The molecule has 0 saturated heterocycles. The summed E-state index contributed by atoms with van der Waals surface area (Å²) in [4.78, 5) is 28.9. The van der Waals surface area contributed by atoms with Gasteiger partial charge < -0.3 is 15.0 Å². The zero-order valence-electron chi connectivity index (χ0n) is 16.2. The van der Waals surface area contributed by atoms with Crippen LogP contribution in [0.5, 0.6) is 5.75 Å². The highest BCUT2D eigenvalue weighted by Gasteiger charge is 2.19. The van der Waals surface area contributed by atoms with E-state index >= 15 is 0 Å². The number of carbonyl (C=O) groups excluding carboxylic acids is 1. The number of rotatable bonds is 4.